The lowest BCUT2D eigenvalue weighted by Crippen LogP contribution is -2.13. The Morgan fingerprint density at radius 3 is 2.59 bits per heavy atom. The first kappa shape index (κ1) is 16.9. The maximum atomic E-state index is 13.3. The maximum absolute atomic E-state index is 13.3. The van der Waals surface area contributed by atoms with E-state index in [-0.39, 0.29) is 11.5 Å². The van der Waals surface area contributed by atoms with Crippen molar-refractivity contribution in [2.24, 2.45) is 5.73 Å². The largest absolute Gasteiger partial charge is 0.364 e. The molecule has 0 fully saturated rings. The van der Waals surface area contributed by atoms with Crippen molar-refractivity contribution in [1.29, 1.82) is 0 Å². The van der Waals surface area contributed by atoms with E-state index in [4.69, 9.17) is 5.73 Å². The molecule has 2 N–H and O–H groups in total. The Morgan fingerprint density at radius 2 is 1.93 bits per heavy atom. The van der Waals surface area contributed by atoms with Crippen LogP contribution in [0.3, 0.4) is 0 Å². The molecule has 0 aliphatic heterocycles. The van der Waals surface area contributed by atoms with E-state index in [1.807, 2.05) is 36.0 Å². The second-order valence-corrected chi connectivity index (χ2v) is 6.49. The van der Waals surface area contributed by atoms with Gasteiger partial charge in [0.25, 0.3) is 5.91 Å². The number of primary amides is 1. The topological polar surface area (TPSA) is 73.8 Å². The zero-order chi connectivity index (χ0) is 19.0. The fraction of sp³-hybridized carbons (Fsp3) is 0.0952. The van der Waals surface area contributed by atoms with Gasteiger partial charge in [-0.15, -0.1) is 0 Å². The van der Waals surface area contributed by atoms with Gasteiger partial charge in [0.2, 0.25) is 0 Å². The second-order valence-electron chi connectivity index (χ2n) is 6.49. The number of amides is 1. The van der Waals surface area contributed by atoms with Gasteiger partial charge in [-0.2, -0.15) is 5.10 Å². The van der Waals surface area contributed by atoms with Gasteiger partial charge in [0.05, 0.1) is 18.3 Å². The highest BCUT2D eigenvalue weighted by molar-refractivity contribution is 6.00. The zero-order valence-corrected chi connectivity index (χ0v) is 14.7. The number of hydrogen-bond acceptors (Lipinski definition) is 3. The van der Waals surface area contributed by atoms with E-state index in [0.717, 1.165) is 27.6 Å². The molecule has 0 aliphatic carbocycles. The third kappa shape index (κ3) is 3.42. The molecule has 0 saturated carbocycles. The van der Waals surface area contributed by atoms with Crippen LogP contribution >= 0.6 is 0 Å². The summed E-state index contributed by atoms with van der Waals surface area (Å²) < 4.78 is 15.1. The fourth-order valence-corrected chi connectivity index (χ4v) is 3.11. The highest BCUT2D eigenvalue weighted by atomic mass is 19.1. The van der Waals surface area contributed by atoms with E-state index in [9.17, 15) is 9.18 Å². The van der Waals surface area contributed by atoms with Crippen LogP contribution in [-0.4, -0.2) is 20.7 Å². The van der Waals surface area contributed by atoms with E-state index in [1.165, 1.54) is 12.1 Å². The van der Waals surface area contributed by atoms with E-state index in [0.29, 0.717) is 12.1 Å². The van der Waals surface area contributed by atoms with Crippen molar-refractivity contribution in [3.05, 3.63) is 83.6 Å². The summed E-state index contributed by atoms with van der Waals surface area (Å²) in [5.41, 5.74) is 9.97. The summed E-state index contributed by atoms with van der Waals surface area (Å²) in [6, 6.07) is 13.7. The van der Waals surface area contributed by atoms with Crippen LogP contribution in [-0.2, 0) is 6.54 Å². The molecular weight excluding hydrogens is 343 g/mol. The Kier molecular flexibility index (Phi) is 4.16. The molecular formula is C21H17FN4O. The quantitative estimate of drug-likeness (QED) is 0.603. The zero-order valence-electron chi connectivity index (χ0n) is 14.7. The predicted molar refractivity (Wildman–Crippen MR) is 102 cm³/mol. The molecule has 27 heavy (non-hydrogen) atoms. The van der Waals surface area contributed by atoms with Crippen LogP contribution in [0.5, 0.6) is 0 Å². The molecule has 1 amide bonds. The van der Waals surface area contributed by atoms with Crippen LogP contribution < -0.4 is 5.73 Å². The van der Waals surface area contributed by atoms with Crippen molar-refractivity contribution in [3.63, 3.8) is 0 Å². The highest BCUT2D eigenvalue weighted by Crippen LogP contribution is 2.29. The number of nitrogens with two attached hydrogens (primary N) is 1. The minimum atomic E-state index is -0.603. The number of fused-ring (bicyclic) bond motifs is 1. The molecule has 0 saturated heterocycles. The number of aromatic nitrogens is 3. The number of aryl methyl sites for hydroxylation is 1. The van der Waals surface area contributed by atoms with Crippen molar-refractivity contribution in [3.8, 4) is 11.1 Å². The van der Waals surface area contributed by atoms with Crippen molar-refractivity contribution in [2.45, 2.75) is 13.5 Å². The molecule has 2 heterocycles. The average molecular weight is 360 g/mol. The van der Waals surface area contributed by atoms with E-state index >= 15 is 0 Å². The summed E-state index contributed by atoms with van der Waals surface area (Å²) >= 11 is 0. The molecule has 0 unspecified atom stereocenters. The molecule has 0 aliphatic rings. The first-order valence-electron chi connectivity index (χ1n) is 8.48. The summed E-state index contributed by atoms with van der Waals surface area (Å²) in [6.07, 6.45) is 3.76. The Labute approximate surface area is 155 Å². The van der Waals surface area contributed by atoms with Crippen LogP contribution in [0.4, 0.5) is 4.39 Å². The predicted octanol–water partition coefficient (Wildman–Crippen LogP) is 3.69. The average Bonchev–Trinajstić information content (AvgIpc) is 3.06. The summed E-state index contributed by atoms with van der Waals surface area (Å²) in [5.74, 6) is -0.919. The maximum Gasteiger partial charge on any atom is 0.267 e. The lowest BCUT2D eigenvalue weighted by Gasteiger charge is -2.10. The lowest BCUT2D eigenvalue weighted by atomic mass is 9.98. The molecule has 4 rings (SSSR count). The van der Waals surface area contributed by atoms with Crippen molar-refractivity contribution < 1.29 is 9.18 Å². The molecule has 2 aromatic heterocycles. The molecule has 2 aromatic carbocycles. The first-order valence-corrected chi connectivity index (χ1v) is 8.48. The fourth-order valence-electron chi connectivity index (χ4n) is 3.11. The number of nitrogens with zero attached hydrogens (tertiary/aromatic N) is 3. The molecule has 4 aromatic rings. The van der Waals surface area contributed by atoms with Gasteiger partial charge >= 0.3 is 0 Å². The number of halogens is 1. The molecule has 5 nitrogen and oxygen atoms in total. The number of rotatable bonds is 4. The van der Waals surface area contributed by atoms with Gasteiger partial charge in [0.15, 0.2) is 0 Å². The summed E-state index contributed by atoms with van der Waals surface area (Å²) in [6.45, 7) is 2.58. The van der Waals surface area contributed by atoms with Gasteiger partial charge in [-0.25, -0.2) is 9.37 Å². The summed E-state index contributed by atoms with van der Waals surface area (Å²) in [5, 5.41) is 5.16. The van der Waals surface area contributed by atoms with Crippen molar-refractivity contribution >= 4 is 16.8 Å². The van der Waals surface area contributed by atoms with E-state index in [2.05, 4.69) is 10.1 Å². The minimum Gasteiger partial charge on any atom is -0.364 e. The van der Waals surface area contributed by atoms with Crippen molar-refractivity contribution in [2.75, 3.05) is 0 Å². The van der Waals surface area contributed by atoms with Gasteiger partial charge in [0, 0.05) is 11.6 Å². The first-order chi connectivity index (χ1) is 13.0. The molecule has 0 radical (unpaired) electrons. The molecule has 0 spiro atoms. The number of carbonyl (C=O) groups is 1. The van der Waals surface area contributed by atoms with Crippen LogP contribution in [0.25, 0.3) is 22.0 Å². The normalized spacial score (nSPS) is 11.0. The van der Waals surface area contributed by atoms with Gasteiger partial charge < -0.3 is 5.73 Å². The molecule has 0 bridgehead atoms. The van der Waals surface area contributed by atoms with Gasteiger partial charge in [0.1, 0.15) is 11.5 Å². The lowest BCUT2D eigenvalue weighted by molar-refractivity contribution is 0.0996. The third-order valence-corrected chi connectivity index (χ3v) is 4.39. The van der Waals surface area contributed by atoms with Crippen LogP contribution in [0.1, 0.15) is 21.6 Å². The highest BCUT2D eigenvalue weighted by Gasteiger charge is 2.12. The number of carbonyl (C=O) groups excluding carboxylic acids is 1. The van der Waals surface area contributed by atoms with Crippen LogP contribution in [0.2, 0.25) is 0 Å². The Balaban J connectivity index is 1.85. The standard InChI is InChI=1S/C21H17FN4O/c1-13-10-24-26(11-13)12-14-2-7-17-18(15-3-5-16(22)6-4-15)9-20(21(23)27)25-19(17)8-14/h2-11H,12H2,1H3,(H2,23,27). The third-order valence-electron chi connectivity index (χ3n) is 4.39. The van der Waals surface area contributed by atoms with Gasteiger partial charge in [-0.05, 0) is 53.4 Å². The van der Waals surface area contributed by atoms with E-state index in [1.54, 1.807) is 24.4 Å². The smallest absolute Gasteiger partial charge is 0.267 e. The second kappa shape index (κ2) is 6.64. The molecule has 0 atom stereocenters. The number of hydrogen-bond donors (Lipinski definition) is 1. The van der Waals surface area contributed by atoms with E-state index < -0.39 is 5.91 Å². The SMILES string of the molecule is Cc1cnn(Cc2ccc3c(-c4ccc(F)cc4)cc(C(N)=O)nc3c2)c1. The summed E-state index contributed by atoms with van der Waals surface area (Å²) in [4.78, 5) is 16.2. The molecule has 134 valence electrons. The number of benzene rings is 2. The van der Waals surface area contributed by atoms with Gasteiger partial charge in [-0.1, -0.05) is 24.3 Å². The monoisotopic (exact) mass is 360 g/mol. The Bertz CT molecular complexity index is 1150. The summed E-state index contributed by atoms with van der Waals surface area (Å²) in [7, 11) is 0. The van der Waals surface area contributed by atoms with Crippen LogP contribution in [0.15, 0.2) is 60.9 Å². The minimum absolute atomic E-state index is 0.175. The van der Waals surface area contributed by atoms with Crippen LogP contribution in [0, 0.1) is 12.7 Å². The van der Waals surface area contributed by atoms with Gasteiger partial charge in [-0.3, -0.25) is 9.48 Å². The van der Waals surface area contributed by atoms with Crippen molar-refractivity contribution in [1.82, 2.24) is 14.8 Å². The Morgan fingerprint density at radius 1 is 1.15 bits per heavy atom. The Hall–Kier alpha value is -3.54. The number of pyridine rings is 1. The molecule has 6 heteroatoms.